The number of thiophene rings is 1. The molecule has 0 fully saturated rings. The molecule has 0 saturated carbocycles. The molecule has 2 N–H and O–H groups in total. The Morgan fingerprint density at radius 2 is 2.45 bits per heavy atom. The lowest BCUT2D eigenvalue weighted by molar-refractivity contribution is -0.110. The van der Waals surface area contributed by atoms with Crippen molar-refractivity contribution in [1.29, 1.82) is 0 Å². The standard InChI is InChI=1S/C6H6N2O2S/c9-4-7-8-6(10)5-2-1-3-11-5/h1-4H,(H,7,9)(H,8,10). The average Bonchev–Trinajstić information content (AvgIpc) is 2.52. The molecule has 0 aliphatic carbocycles. The van der Waals surface area contributed by atoms with Gasteiger partial charge in [0.05, 0.1) is 4.88 Å². The number of nitrogens with one attached hydrogen (secondary N) is 2. The van der Waals surface area contributed by atoms with Crippen LogP contribution >= 0.6 is 11.3 Å². The van der Waals surface area contributed by atoms with Gasteiger partial charge in [-0.15, -0.1) is 11.3 Å². The Bertz CT molecular complexity index is 245. The first kappa shape index (κ1) is 7.74. The molecule has 0 aromatic carbocycles. The van der Waals surface area contributed by atoms with Gasteiger partial charge in [0.2, 0.25) is 6.41 Å². The van der Waals surface area contributed by atoms with Crippen molar-refractivity contribution in [2.45, 2.75) is 0 Å². The predicted molar refractivity (Wildman–Crippen MR) is 41.0 cm³/mol. The summed E-state index contributed by atoms with van der Waals surface area (Å²) in [5.41, 5.74) is 4.25. The van der Waals surface area contributed by atoms with E-state index in [0.29, 0.717) is 11.3 Å². The van der Waals surface area contributed by atoms with Crippen LogP contribution in [0.5, 0.6) is 0 Å². The number of rotatable bonds is 3. The zero-order valence-electron chi connectivity index (χ0n) is 5.53. The summed E-state index contributed by atoms with van der Waals surface area (Å²) in [5, 5.41) is 1.79. The summed E-state index contributed by atoms with van der Waals surface area (Å²) in [7, 11) is 0. The number of carbonyl (C=O) groups excluding carboxylic acids is 2. The van der Waals surface area contributed by atoms with E-state index in [0.717, 1.165) is 0 Å². The molecule has 0 atom stereocenters. The number of amides is 2. The lowest BCUT2D eigenvalue weighted by atomic mass is 10.5. The van der Waals surface area contributed by atoms with Crippen LogP contribution in [0.15, 0.2) is 17.5 Å². The lowest BCUT2D eigenvalue weighted by Crippen LogP contribution is -2.35. The Morgan fingerprint density at radius 1 is 1.64 bits per heavy atom. The molecular formula is C6H6N2O2S. The van der Waals surface area contributed by atoms with Crippen molar-refractivity contribution in [3.63, 3.8) is 0 Å². The van der Waals surface area contributed by atoms with Crippen molar-refractivity contribution in [3.05, 3.63) is 22.4 Å². The van der Waals surface area contributed by atoms with Crippen LogP contribution in [0.3, 0.4) is 0 Å². The fraction of sp³-hybridized carbons (Fsp3) is 0. The molecule has 0 aliphatic rings. The Morgan fingerprint density at radius 3 is 3.00 bits per heavy atom. The molecule has 0 spiro atoms. The summed E-state index contributed by atoms with van der Waals surface area (Å²) in [6, 6.07) is 3.44. The first-order valence-corrected chi connectivity index (χ1v) is 3.75. The van der Waals surface area contributed by atoms with Gasteiger partial charge < -0.3 is 0 Å². The zero-order valence-corrected chi connectivity index (χ0v) is 6.35. The van der Waals surface area contributed by atoms with E-state index in [2.05, 4.69) is 10.9 Å². The third-order valence-corrected chi connectivity index (χ3v) is 1.86. The Labute approximate surface area is 67.2 Å². The average molecular weight is 170 g/mol. The van der Waals surface area contributed by atoms with Crippen molar-refractivity contribution in [2.75, 3.05) is 0 Å². The third-order valence-electron chi connectivity index (χ3n) is 0.990. The third kappa shape index (κ3) is 2.05. The number of hydrazine groups is 1. The maximum Gasteiger partial charge on any atom is 0.279 e. The van der Waals surface area contributed by atoms with Crippen molar-refractivity contribution < 1.29 is 9.59 Å². The molecular weight excluding hydrogens is 164 g/mol. The van der Waals surface area contributed by atoms with E-state index in [-0.39, 0.29) is 5.91 Å². The van der Waals surface area contributed by atoms with Gasteiger partial charge in [-0.3, -0.25) is 20.4 Å². The van der Waals surface area contributed by atoms with Gasteiger partial charge in [0.1, 0.15) is 0 Å². The molecule has 2 amide bonds. The highest BCUT2D eigenvalue weighted by molar-refractivity contribution is 7.12. The van der Waals surface area contributed by atoms with Crippen molar-refractivity contribution >= 4 is 23.7 Å². The van der Waals surface area contributed by atoms with Gasteiger partial charge in [0.25, 0.3) is 5.91 Å². The molecule has 0 radical (unpaired) electrons. The summed E-state index contributed by atoms with van der Waals surface area (Å²) in [4.78, 5) is 21.3. The monoisotopic (exact) mass is 170 g/mol. The topological polar surface area (TPSA) is 58.2 Å². The molecule has 1 rings (SSSR count). The van der Waals surface area contributed by atoms with Crippen LogP contribution in [0.1, 0.15) is 9.67 Å². The Hall–Kier alpha value is -1.36. The van der Waals surface area contributed by atoms with Gasteiger partial charge in [0, 0.05) is 0 Å². The van der Waals surface area contributed by atoms with Crippen molar-refractivity contribution in [1.82, 2.24) is 10.9 Å². The minimum absolute atomic E-state index is 0.299. The number of hydrogen-bond acceptors (Lipinski definition) is 3. The van der Waals surface area contributed by atoms with Crippen LogP contribution in [0, 0.1) is 0 Å². The van der Waals surface area contributed by atoms with Gasteiger partial charge >= 0.3 is 0 Å². The van der Waals surface area contributed by atoms with Crippen LogP contribution < -0.4 is 10.9 Å². The van der Waals surface area contributed by atoms with Gasteiger partial charge in [-0.05, 0) is 11.4 Å². The largest absolute Gasteiger partial charge is 0.279 e. The van der Waals surface area contributed by atoms with Gasteiger partial charge in [-0.25, -0.2) is 0 Å². The smallest absolute Gasteiger partial charge is 0.277 e. The first-order chi connectivity index (χ1) is 5.34. The van der Waals surface area contributed by atoms with Gasteiger partial charge in [-0.2, -0.15) is 0 Å². The molecule has 0 saturated heterocycles. The second-order valence-electron chi connectivity index (χ2n) is 1.69. The minimum Gasteiger partial charge on any atom is -0.277 e. The van der Waals surface area contributed by atoms with E-state index in [9.17, 15) is 9.59 Å². The molecule has 0 aliphatic heterocycles. The molecule has 58 valence electrons. The van der Waals surface area contributed by atoms with Crippen LogP contribution in [-0.4, -0.2) is 12.3 Å². The van der Waals surface area contributed by atoms with E-state index in [1.807, 2.05) is 0 Å². The maximum absolute atomic E-state index is 10.9. The fourth-order valence-electron chi connectivity index (χ4n) is 0.564. The summed E-state index contributed by atoms with van der Waals surface area (Å²) in [5.74, 6) is -0.299. The van der Waals surface area contributed by atoms with E-state index in [1.54, 1.807) is 17.5 Å². The Kier molecular flexibility index (Phi) is 2.62. The molecule has 0 unspecified atom stereocenters. The molecule has 4 nitrogen and oxygen atoms in total. The summed E-state index contributed by atoms with van der Waals surface area (Å²) in [6.45, 7) is 0. The van der Waals surface area contributed by atoms with Crippen LogP contribution in [-0.2, 0) is 4.79 Å². The number of carbonyl (C=O) groups is 2. The van der Waals surface area contributed by atoms with Crippen LogP contribution in [0.25, 0.3) is 0 Å². The zero-order chi connectivity index (χ0) is 8.10. The molecule has 0 bridgehead atoms. The fourth-order valence-corrected chi connectivity index (χ4v) is 1.18. The minimum atomic E-state index is -0.299. The van der Waals surface area contributed by atoms with Crippen LogP contribution in [0.4, 0.5) is 0 Å². The molecule has 11 heavy (non-hydrogen) atoms. The highest BCUT2D eigenvalue weighted by atomic mass is 32.1. The van der Waals surface area contributed by atoms with Crippen molar-refractivity contribution in [3.8, 4) is 0 Å². The summed E-state index contributed by atoms with van der Waals surface area (Å²) >= 11 is 1.31. The summed E-state index contributed by atoms with van der Waals surface area (Å²) < 4.78 is 0. The van der Waals surface area contributed by atoms with Crippen LogP contribution in [0.2, 0.25) is 0 Å². The van der Waals surface area contributed by atoms with E-state index < -0.39 is 0 Å². The Balaban J connectivity index is 2.49. The second-order valence-corrected chi connectivity index (χ2v) is 2.64. The normalized spacial score (nSPS) is 8.73. The quantitative estimate of drug-likeness (QED) is 0.500. The maximum atomic E-state index is 10.9. The van der Waals surface area contributed by atoms with Gasteiger partial charge in [0.15, 0.2) is 0 Å². The van der Waals surface area contributed by atoms with E-state index >= 15 is 0 Å². The first-order valence-electron chi connectivity index (χ1n) is 2.87. The SMILES string of the molecule is O=CNNC(=O)c1cccs1. The highest BCUT2D eigenvalue weighted by Gasteiger charge is 2.03. The van der Waals surface area contributed by atoms with Gasteiger partial charge in [-0.1, -0.05) is 6.07 Å². The molecule has 1 heterocycles. The van der Waals surface area contributed by atoms with E-state index in [4.69, 9.17) is 0 Å². The second kappa shape index (κ2) is 3.72. The molecule has 1 aromatic heterocycles. The van der Waals surface area contributed by atoms with Crippen molar-refractivity contribution in [2.24, 2.45) is 0 Å². The highest BCUT2D eigenvalue weighted by Crippen LogP contribution is 2.06. The molecule has 5 heteroatoms. The number of hydrogen-bond donors (Lipinski definition) is 2. The summed E-state index contributed by atoms with van der Waals surface area (Å²) in [6.07, 6.45) is 0.408. The van der Waals surface area contributed by atoms with E-state index in [1.165, 1.54) is 11.3 Å². The molecule has 1 aromatic rings. The predicted octanol–water partition coefficient (Wildman–Crippen LogP) is 0.139. The lowest BCUT2D eigenvalue weighted by Gasteiger charge is -1.97.